The molecule has 21 heavy (non-hydrogen) atoms. The van der Waals surface area contributed by atoms with Crippen LogP contribution in [0, 0.1) is 0 Å². The molecule has 0 fully saturated rings. The highest BCUT2D eigenvalue weighted by Crippen LogP contribution is 2.30. The Morgan fingerprint density at radius 3 is 1.81 bits per heavy atom. The molecule has 0 saturated carbocycles. The Kier molecular flexibility index (Phi) is 4.63. The first-order valence-electron chi connectivity index (χ1n) is 6.71. The van der Waals surface area contributed by atoms with Crippen LogP contribution in [0.3, 0.4) is 0 Å². The highest BCUT2D eigenvalue weighted by molar-refractivity contribution is 5.27. The van der Waals surface area contributed by atoms with Gasteiger partial charge in [-0.2, -0.15) is 13.2 Å². The summed E-state index contributed by atoms with van der Waals surface area (Å²) in [4.78, 5) is 3.96. The van der Waals surface area contributed by atoms with E-state index in [4.69, 9.17) is 0 Å². The van der Waals surface area contributed by atoms with E-state index < -0.39 is 11.7 Å². The Balaban J connectivity index is 2.05. The van der Waals surface area contributed by atoms with Gasteiger partial charge in [0.1, 0.15) is 0 Å². The number of rotatable bonds is 4. The highest BCUT2D eigenvalue weighted by atomic mass is 19.4. The second kappa shape index (κ2) is 6.26. The molecular weight excluding hydrogens is 277 g/mol. The number of hydrogen-bond donors (Lipinski definition) is 1. The molecule has 1 aromatic carbocycles. The van der Waals surface area contributed by atoms with Gasteiger partial charge in [-0.3, -0.25) is 4.98 Å². The van der Waals surface area contributed by atoms with Gasteiger partial charge in [-0.15, -0.1) is 0 Å². The van der Waals surface area contributed by atoms with E-state index in [9.17, 15) is 13.2 Å². The number of aromatic nitrogens is 1. The van der Waals surface area contributed by atoms with Crippen LogP contribution in [0.25, 0.3) is 0 Å². The average Bonchev–Trinajstić information content (AvgIpc) is 2.47. The first kappa shape index (κ1) is 15.5. The van der Waals surface area contributed by atoms with Crippen LogP contribution >= 0.6 is 0 Å². The number of alkyl halides is 3. The molecule has 0 amide bonds. The van der Waals surface area contributed by atoms with Gasteiger partial charge in [0.15, 0.2) is 0 Å². The molecule has 1 heterocycles. The summed E-state index contributed by atoms with van der Waals surface area (Å²) in [5.74, 6) is 0. The maximum Gasteiger partial charge on any atom is 0.416 e. The lowest BCUT2D eigenvalue weighted by Crippen LogP contribution is -2.22. The Bertz CT molecular complexity index is 564. The molecule has 0 bridgehead atoms. The van der Waals surface area contributed by atoms with Gasteiger partial charge in [0.2, 0.25) is 0 Å². The third kappa shape index (κ3) is 4.04. The fourth-order valence-corrected chi connectivity index (χ4v) is 2.18. The van der Waals surface area contributed by atoms with Crippen molar-refractivity contribution in [2.24, 2.45) is 0 Å². The van der Waals surface area contributed by atoms with Crippen molar-refractivity contribution in [3.8, 4) is 0 Å². The third-order valence-electron chi connectivity index (χ3n) is 3.44. The molecule has 2 nitrogen and oxygen atoms in total. The van der Waals surface area contributed by atoms with Gasteiger partial charge in [-0.05, 0) is 49.2 Å². The molecule has 0 saturated heterocycles. The second-order valence-electron chi connectivity index (χ2n) is 5.01. The van der Waals surface area contributed by atoms with Crippen LogP contribution in [0.15, 0.2) is 48.8 Å². The van der Waals surface area contributed by atoms with Crippen molar-refractivity contribution in [1.29, 1.82) is 0 Å². The topological polar surface area (TPSA) is 24.9 Å². The molecule has 0 aliphatic heterocycles. The first-order valence-corrected chi connectivity index (χ1v) is 6.71. The lowest BCUT2D eigenvalue weighted by molar-refractivity contribution is -0.137. The SMILES string of the molecule is CC(N[C@@H](C)c1ccncc1)c1ccc(C(F)(F)F)cc1. The summed E-state index contributed by atoms with van der Waals surface area (Å²) < 4.78 is 37.6. The van der Waals surface area contributed by atoms with Crippen LogP contribution < -0.4 is 5.32 Å². The summed E-state index contributed by atoms with van der Waals surface area (Å²) in [6, 6.07) is 9.13. The molecule has 0 spiro atoms. The van der Waals surface area contributed by atoms with E-state index >= 15 is 0 Å². The van der Waals surface area contributed by atoms with Crippen LogP contribution in [-0.2, 0) is 6.18 Å². The van der Waals surface area contributed by atoms with E-state index in [1.165, 1.54) is 12.1 Å². The molecule has 1 N–H and O–H groups in total. The third-order valence-corrected chi connectivity index (χ3v) is 3.44. The van der Waals surface area contributed by atoms with Gasteiger partial charge in [-0.25, -0.2) is 0 Å². The van der Waals surface area contributed by atoms with Crippen molar-refractivity contribution in [2.75, 3.05) is 0 Å². The quantitative estimate of drug-likeness (QED) is 0.897. The van der Waals surface area contributed by atoms with Crippen molar-refractivity contribution < 1.29 is 13.2 Å². The zero-order valence-electron chi connectivity index (χ0n) is 11.9. The fourth-order valence-electron chi connectivity index (χ4n) is 2.18. The van der Waals surface area contributed by atoms with Crippen LogP contribution in [0.4, 0.5) is 13.2 Å². The number of pyridine rings is 1. The van der Waals surface area contributed by atoms with E-state index in [0.717, 1.165) is 23.3 Å². The van der Waals surface area contributed by atoms with Crippen molar-refractivity contribution in [2.45, 2.75) is 32.1 Å². The summed E-state index contributed by atoms with van der Waals surface area (Å²) >= 11 is 0. The van der Waals surface area contributed by atoms with E-state index in [0.29, 0.717) is 0 Å². The minimum absolute atomic E-state index is 0.0459. The van der Waals surface area contributed by atoms with Crippen LogP contribution in [0.2, 0.25) is 0 Å². The van der Waals surface area contributed by atoms with Crippen molar-refractivity contribution in [1.82, 2.24) is 10.3 Å². The van der Waals surface area contributed by atoms with Crippen molar-refractivity contribution >= 4 is 0 Å². The molecule has 5 heteroatoms. The Hall–Kier alpha value is -1.88. The Labute approximate surface area is 122 Å². The normalized spacial score (nSPS) is 14.7. The van der Waals surface area contributed by atoms with Gasteiger partial charge in [0.25, 0.3) is 0 Å². The summed E-state index contributed by atoms with van der Waals surface area (Å²) in [6.45, 7) is 3.94. The summed E-state index contributed by atoms with van der Waals surface area (Å²) in [5.41, 5.74) is 1.29. The van der Waals surface area contributed by atoms with E-state index in [1.807, 2.05) is 26.0 Å². The molecule has 0 aliphatic carbocycles. The molecule has 1 aromatic heterocycles. The van der Waals surface area contributed by atoms with Crippen molar-refractivity contribution in [3.05, 3.63) is 65.5 Å². The van der Waals surface area contributed by atoms with E-state index in [1.54, 1.807) is 12.4 Å². The molecule has 0 aliphatic rings. The lowest BCUT2D eigenvalue weighted by Gasteiger charge is -2.21. The fraction of sp³-hybridized carbons (Fsp3) is 0.312. The minimum atomic E-state index is -4.29. The van der Waals surface area contributed by atoms with E-state index in [-0.39, 0.29) is 12.1 Å². The van der Waals surface area contributed by atoms with Gasteiger partial charge in [0, 0.05) is 24.5 Å². The molecule has 2 atom stereocenters. The maximum atomic E-state index is 12.5. The molecule has 0 radical (unpaired) electrons. The Morgan fingerprint density at radius 2 is 1.33 bits per heavy atom. The predicted octanol–water partition coefficient (Wildman–Crippen LogP) is 4.51. The highest BCUT2D eigenvalue weighted by Gasteiger charge is 2.30. The summed E-state index contributed by atoms with van der Waals surface area (Å²) in [7, 11) is 0. The second-order valence-corrected chi connectivity index (χ2v) is 5.01. The van der Waals surface area contributed by atoms with Gasteiger partial charge < -0.3 is 5.32 Å². The largest absolute Gasteiger partial charge is 0.416 e. The molecule has 1 unspecified atom stereocenters. The number of nitrogens with zero attached hydrogens (tertiary/aromatic N) is 1. The van der Waals surface area contributed by atoms with Crippen LogP contribution in [0.1, 0.15) is 42.6 Å². The first-order chi connectivity index (χ1) is 9.88. The summed E-state index contributed by atoms with van der Waals surface area (Å²) in [5, 5.41) is 3.36. The smallest absolute Gasteiger partial charge is 0.304 e. The zero-order valence-corrected chi connectivity index (χ0v) is 11.9. The maximum absolute atomic E-state index is 12.5. The average molecular weight is 294 g/mol. The Morgan fingerprint density at radius 1 is 0.857 bits per heavy atom. The van der Waals surface area contributed by atoms with Gasteiger partial charge >= 0.3 is 6.18 Å². The number of hydrogen-bond acceptors (Lipinski definition) is 2. The molecule has 2 aromatic rings. The van der Waals surface area contributed by atoms with E-state index in [2.05, 4.69) is 10.3 Å². The number of nitrogens with one attached hydrogen (secondary N) is 1. The monoisotopic (exact) mass is 294 g/mol. The summed E-state index contributed by atoms with van der Waals surface area (Å²) in [6.07, 6.45) is -0.855. The van der Waals surface area contributed by atoms with Gasteiger partial charge in [-0.1, -0.05) is 12.1 Å². The van der Waals surface area contributed by atoms with Crippen molar-refractivity contribution in [3.63, 3.8) is 0 Å². The molecule has 2 rings (SSSR count). The molecule has 112 valence electrons. The number of benzene rings is 1. The lowest BCUT2D eigenvalue weighted by atomic mass is 10.0. The van der Waals surface area contributed by atoms with Crippen LogP contribution in [-0.4, -0.2) is 4.98 Å². The minimum Gasteiger partial charge on any atom is -0.304 e. The predicted molar refractivity (Wildman–Crippen MR) is 75.6 cm³/mol. The van der Waals surface area contributed by atoms with Gasteiger partial charge in [0.05, 0.1) is 5.56 Å². The molecular formula is C16H17F3N2. The number of halogens is 3. The van der Waals surface area contributed by atoms with Crippen LogP contribution in [0.5, 0.6) is 0 Å². The zero-order chi connectivity index (χ0) is 15.5. The standard InChI is InChI=1S/C16H17F3N2/c1-11(21-12(2)14-7-9-20-10-8-14)13-3-5-15(6-4-13)16(17,18)19/h3-12,21H,1-2H3/t11?,12-/m0/s1.